The van der Waals surface area contributed by atoms with Crippen molar-refractivity contribution in [2.75, 3.05) is 5.32 Å². The van der Waals surface area contributed by atoms with Gasteiger partial charge in [0.25, 0.3) is 5.56 Å². The summed E-state index contributed by atoms with van der Waals surface area (Å²) in [5.74, 6) is 2.75. The zero-order chi connectivity index (χ0) is 19.7. The predicted octanol–water partition coefficient (Wildman–Crippen LogP) is 3.23. The largest absolute Gasteiger partial charge is 0.315 e. The van der Waals surface area contributed by atoms with E-state index < -0.39 is 0 Å². The summed E-state index contributed by atoms with van der Waals surface area (Å²) in [5.41, 5.74) is 1.53. The summed E-state index contributed by atoms with van der Waals surface area (Å²) in [7, 11) is 0. The minimum Gasteiger partial charge on any atom is -0.315 e. The fourth-order valence-electron chi connectivity index (χ4n) is 2.92. The molecule has 2 N–H and O–H groups in total. The summed E-state index contributed by atoms with van der Waals surface area (Å²) in [4.78, 5) is 29.3. The van der Waals surface area contributed by atoms with E-state index in [1.807, 2.05) is 17.5 Å². The number of carbonyl (C=O) groups excluding carboxylic acids is 1. The molecule has 0 fully saturated rings. The Bertz CT molecular complexity index is 1280. The first kappa shape index (κ1) is 18.2. The van der Waals surface area contributed by atoms with Gasteiger partial charge in [0.05, 0.1) is 11.1 Å². The summed E-state index contributed by atoms with van der Waals surface area (Å²) in [5, 5.41) is 12.7. The zero-order valence-corrected chi connectivity index (χ0v) is 16.7. The highest BCUT2D eigenvalue weighted by Crippen LogP contribution is 2.38. The van der Waals surface area contributed by atoms with Gasteiger partial charge in [0.15, 0.2) is 5.82 Å². The quantitative estimate of drug-likeness (QED) is 0.463. The van der Waals surface area contributed by atoms with Gasteiger partial charge in [0.1, 0.15) is 17.9 Å². The number of aromatic nitrogens is 4. The van der Waals surface area contributed by atoms with Crippen molar-refractivity contribution < 1.29 is 4.79 Å². The van der Waals surface area contributed by atoms with Gasteiger partial charge in [-0.3, -0.25) is 19.3 Å². The fourth-order valence-corrected chi connectivity index (χ4v) is 4.55. The lowest BCUT2D eigenvalue weighted by Gasteiger charge is -2.12. The molecule has 7 nitrogen and oxygen atoms in total. The van der Waals surface area contributed by atoms with Crippen LogP contribution < -0.4 is 10.9 Å². The summed E-state index contributed by atoms with van der Waals surface area (Å²) < 4.78 is 2.16. The number of nitrogens with zero attached hydrogens (tertiary/aromatic N) is 3. The van der Waals surface area contributed by atoms with Crippen LogP contribution in [0.3, 0.4) is 0 Å². The van der Waals surface area contributed by atoms with Crippen molar-refractivity contribution in [1.29, 1.82) is 0 Å². The van der Waals surface area contributed by atoms with Crippen molar-refractivity contribution in [2.45, 2.75) is 6.54 Å². The minimum atomic E-state index is -0.350. The first-order valence-electron chi connectivity index (χ1n) is 8.10. The molecule has 0 saturated carbocycles. The summed E-state index contributed by atoms with van der Waals surface area (Å²) >= 11 is 4.79. The number of carbonyl (C=O) groups is 1. The van der Waals surface area contributed by atoms with Crippen molar-refractivity contribution in [2.24, 2.45) is 0 Å². The van der Waals surface area contributed by atoms with Gasteiger partial charge in [-0.15, -0.1) is 17.8 Å². The first-order chi connectivity index (χ1) is 13.6. The molecule has 0 atom stereocenters. The molecule has 0 aliphatic rings. The Kier molecular flexibility index (Phi) is 4.81. The maximum atomic E-state index is 12.7. The average molecular weight is 454 g/mol. The van der Waals surface area contributed by atoms with E-state index in [-0.39, 0.29) is 18.0 Å². The summed E-state index contributed by atoms with van der Waals surface area (Å²) in [6, 6.07) is 8.54. The lowest BCUT2D eigenvalue weighted by atomic mass is 10.1. The minimum absolute atomic E-state index is 0.166. The molecule has 1 aromatic carbocycles. The normalized spacial score (nSPS) is 10.7. The van der Waals surface area contributed by atoms with Crippen LogP contribution in [0.5, 0.6) is 0 Å². The number of hydrogen-bond donors (Lipinski definition) is 2. The van der Waals surface area contributed by atoms with Crippen molar-refractivity contribution >= 4 is 49.1 Å². The van der Waals surface area contributed by atoms with Crippen LogP contribution in [0.15, 0.2) is 51.3 Å². The van der Waals surface area contributed by atoms with Crippen molar-refractivity contribution in [1.82, 2.24) is 19.7 Å². The van der Waals surface area contributed by atoms with E-state index in [1.54, 1.807) is 12.1 Å². The van der Waals surface area contributed by atoms with Crippen LogP contribution in [0.4, 0.5) is 5.00 Å². The van der Waals surface area contributed by atoms with Gasteiger partial charge < -0.3 is 5.32 Å². The number of fused-ring (bicyclic) bond motifs is 1. The Balaban J connectivity index is 1.69. The molecule has 28 heavy (non-hydrogen) atoms. The second-order valence-electron chi connectivity index (χ2n) is 5.82. The predicted molar refractivity (Wildman–Crippen MR) is 112 cm³/mol. The molecule has 0 aliphatic carbocycles. The van der Waals surface area contributed by atoms with Crippen molar-refractivity contribution in [3.63, 3.8) is 0 Å². The molecule has 3 aromatic heterocycles. The number of anilines is 1. The molecule has 9 heteroatoms. The van der Waals surface area contributed by atoms with Crippen LogP contribution in [0.2, 0.25) is 0 Å². The number of benzene rings is 1. The molecule has 0 radical (unpaired) electrons. The van der Waals surface area contributed by atoms with E-state index in [0.29, 0.717) is 27.5 Å². The van der Waals surface area contributed by atoms with E-state index in [1.165, 1.54) is 28.3 Å². The smallest absolute Gasteiger partial charge is 0.251 e. The number of amides is 1. The van der Waals surface area contributed by atoms with Crippen molar-refractivity contribution in [3.05, 3.63) is 62.4 Å². The number of thiophene rings is 1. The highest BCUT2D eigenvalue weighted by molar-refractivity contribution is 9.10. The third-order valence-corrected chi connectivity index (χ3v) is 5.94. The standard InChI is InChI=1S/C19H12BrN5O2S/c1-2-11-4-3-5-12-6-7-15(27)25(17(11)12)8-14(26)23-19-16(13(20)9-28-19)18-21-10-22-24-18/h1,3-7,9-10H,8H2,(H,23,26)(H,21,22,24). The van der Waals surface area contributed by atoms with Crippen LogP contribution in [0.25, 0.3) is 22.3 Å². The molecular formula is C19H12BrN5O2S. The molecule has 138 valence electrons. The van der Waals surface area contributed by atoms with Crippen LogP contribution >= 0.6 is 27.3 Å². The summed E-state index contributed by atoms with van der Waals surface area (Å²) in [6.07, 6.45) is 6.97. The molecule has 0 aliphatic heterocycles. The number of aromatic amines is 1. The number of halogens is 1. The molecule has 0 spiro atoms. The van der Waals surface area contributed by atoms with Gasteiger partial charge in [-0.1, -0.05) is 18.1 Å². The van der Waals surface area contributed by atoms with Gasteiger partial charge >= 0.3 is 0 Å². The van der Waals surface area contributed by atoms with Gasteiger partial charge in [-0.25, -0.2) is 4.98 Å². The topological polar surface area (TPSA) is 92.7 Å². The van der Waals surface area contributed by atoms with E-state index in [4.69, 9.17) is 6.42 Å². The van der Waals surface area contributed by atoms with Crippen LogP contribution in [-0.4, -0.2) is 25.7 Å². The number of nitrogens with one attached hydrogen (secondary N) is 2. The van der Waals surface area contributed by atoms with E-state index in [0.717, 1.165) is 9.86 Å². The molecule has 1 amide bonds. The first-order valence-corrected chi connectivity index (χ1v) is 9.77. The SMILES string of the molecule is C#Cc1cccc2ccc(=O)n(CC(=O)Nc3scc(Br)c3-c3ncn[nH]3)c12. The Labute approximate surface area is 171 Å². The lowest BCUT2D eigenvalue weighted by molar-refractivity contribution is -0.116. The molecule has 0 saturated heterocycles. The van der Waals surface area contributed by atoms with Crippen LogP contribution in [0, 0.1) is 12.3 Å². The maximum Gasteiger partial charge on any atom is 0.251 e. The third-order valence-electron chi connectivity index (χ3n) is 4.12. The highest BCUT2D eigenvalue weighted by atomic mass is 79.9. The molecule has 3 heterocycles. The zero-order valence-electron chi connectivity index (χ0n) is 14.3. The lowest BCUT2D eigenvalue weighted by Crippen LogP contribution is -2.27. The Morgan fingerprint density at radius 1 is 1.36 bits per heavy atom. The van der Waals surface area contributed by atoms with Crippen molar-refractivity contribution in [3.8, 4) is 23.7 Å². The number of H-pyrrole nitrogens is 1. The fraction of sp³-hybridized carbons (Fsp3) is 0.0526. The Morgan fingerprint density at radius 2 is 2.21 bits per heavy atom. The maximum absolute atomic E-state index is 12.7. The third kappa shape index (κ3) is 3.24. The van der Waals surface area contributed by atoms with Gasteiger partial charge in [0.2, 0.25) is 5.91 Å². The Morgan fingerprint density at radius 3 is 2.96 bits per heavy atom. The van der Waals surface area contributed by atoms with E-state index >= 15 is 0 Å². The van der Waals surface area contributed by atoms with E-state index in [9.17, 15) is 9.59 Å². The van der Waals surface area contributed by atoms with E-state index in [2.05, 4.69) is 42.3 Å². The number of hydrogen-bond acceptors (Lipinski definition) is 5. The number of rotatable bonds is 4. The number of para-hydroxylation sites is 1. The molecular weight excluding hydrogens is 442 g/mol. The summed E-state index contributed by atoms with van der Waals surface area (Å²) in [6.45, 7) is -0.166. The second-order valence-corrected chi connectivity index (χ2v) is 7.55. The number of pyridine rings is 1. The van der Waals surface area contributed by atoms with Crippen LogP contribution in [0.1, 0.15) is 5.56 Å². The average Bonchev–Trinajstić information content (AvgIpc) is 3.33. The molecule has 0 unspecified atom stereocenters. The number of terminal acetylenes is 1. The second kappa shape index (κ2) is 7.42. The monoisotopic (exact) mass is 453 g/mol. The Hall–Kier alpha value is -3.22. The van der Waals surface area contributed by atoms with Gasteiger partial charge in [-0.2, -0.15) is 5.10 Å². The highest BCUT2D eigenvalue weighted by Gasteiger charge is 2.18. The molecule has 4 rings (SSSR count). The van der Waals surface area contributed by atoms with Crippen LogP contribution in [-0.2, 0) is 11.3 Å². The van der Waals surface area contributed by atoms with Gasteiger partial charge in [0, 0.05) is 21.5 Å². The molecule has 0 bridgehead atoms. The van der Waals surface area contributed by atoms with Gasteiger partial charge in [-0.05, 0) is 33.4 Å². The molecule has 4 aromatic rings.